The van der Waals surface area contributed by atoms with Gasteiger partial charge in [-0.05, 0) is 53.4 Å². The van der Waals surface area contributed by atoms with E-state index >= 15 is 0 Å². The number of hydrogen-bond donors (Lipinski definition) is 1. The first kappa shape index (κ1) is 20.0. The van der Waals surface area contributed by atoms with E-state index in [9.17, 15) is 4.79 Å². The minimum absolute atomic E-state index is 0.0468. The van der Waals surface area contributed by atoms with Crippen molar-refractivity contribution < 1.29 is 4.79 Å². The van der Waals surface area contributed by atoms with Crippen molar-refractivity contribution in [2.24, 2.45) is 17.8 Å². The van der Waals surface area contributed by atoms with E-state index in [1.165, 1.54) is 18.4 Å². The number of likely N-dealkylation sites (tertiary alicyclic amines) is 1. The highest BCUT2D eigenvalue weighted by Crippen LogP contribution is 2.42. The molecule has 0 radical (unpaired) electrons. The van der Waals surface area contributed by atoms with Gasteiger partial charge in [0.15, 0.2) is 0 Å². The summed E-state index contributed by atoms with van der Waals surface area (Å²) >= 11 is 0. The zero-order valence-electron chi connectivity index (χ0n) is 17.9. The molecule has 158 valence electrons. The molecule has 1 heterocycles. The summed E-state index contributed by atoms with van der Waals surface area (Å²) in [4.78, 5) is 15.7. The van der Waals surface area contributed by atoms with E-state index in [0.717, 1.165) is 42.9 Å². The molecule has 31 heavy (non-hydrogen) atoms. The van der Waals surface area contributed by atoms with Crippen molar-refractivity contribution in [2.75, 3.05) is 19.6 Å². The smallest absolute Gasteiger partial charge is 0.251 e. The number of amides is 1. The number of carbonyl (C=O) groups excluding carboxylic acids is 1. The summed E-state index contributed by atoms with van der Waals surface area (Å²) in [5, 5.41) is 3.29. The molecule has 2 atom stereocenters. The molecule has 3 nitrogen and oxygen atoms in total. The number of piperidine rings is 1. The van der Waals surface area contributed by atoms with Gasteiger partial charge < -0.3 is 5.32 Å². The van der Waals surface area contributed by atoms with E-state index in [-0.39, 0.29) is 5.91 Å². The lowest BCUT2D eigenvalue weighted by atomic mass is 9.84. The molecule has 3 aromatic rings. The maximum atomic E-state index is 13.1. The quantitative estimate of drug-likeness (QED) is 0.603. The standard InChI is InChI=1S/C28H30N2O/c31-28(26-14-8-7-13-25(26)22-11-5-2-6-12-22)29-17-27-23-15-16-24(27)20-30(19-23)18-21-9-3-1-4-10-21/h1-14,23-24,27H,15-20H2,(H,29,31). The van der Waals surface area contributed by atoms with Gasteiger partial charge in [-0.1, -0.05) is 78.9 Å². The summed E-state index contributed by atoms with van der Waals surface area (Å²) in [7, 11) is 0. The first-order chi connectivity index (χ1) is 15.3. The third kappa shape index (κ3) is 4.42. The van der Waals surface area contributed by atoms with Gasteiger partial charge in [0.25, 0.3) is 5.91 Å². The van der Waals surface area contributed by atoms with Gasteiger partial charge in [0, 0.05) is 31.7 Å². The van der Waals surface area contributed by atoms with Crippen LogP contribution in [-0.2, 0) is 6.54 Å². The second-order valence-electron chi connectivity index (χ2n) is 9.06. The number of carbonyl (C=O) groups is 1. The molecule has 5 rings (SSSR count). The first-order valence-electron chi connectivity index (χ1n) is 11.5. The molecular weight excluding hydrogens is 380 g/mol. The van der Waals surface area contributed by atoms with Gasteiger partial charge >= 0.3 is 0 Å². The average molecular weight is 411 g/mol. The molecule has 2 bridgehead atoms. The van der Waals surface area contributed by atoms with Crippen LogP contribution < -0.4 is 5.32 Å². The molecule has 2 aliphatic rings. The van der Waals surface area contributed by atoms with E-state index in [2.05, 4.69) is 52.7 Å². The van der Waals surface area contributed by atoms with Crippen LogP contribution in [0, 0.1) is 17.8 Å². The van der Waals surface area contributed by atoms with E-state index < -0.39 is 0 Å². The normalized spacial score (nSPS) is 22.9. The second-order valence-corrected chi connectivity index (χ2v) is 9.06. The lowest BCUT2D eigenvalue weighted by Crippen LogP contribution is -2.45. The van der Waals surface area contributed by atoms with E-state index in [0.29, 0.717) is 17.8 Å². The minimum atomic E-state index is 0.0468. The largest absolute Gasteiger partial charge is 0.352 e. The van der Waals surface area contributed by atoms with Crippen LogP contribution in [-0.4, -0.2) is 30.4 Å². The van der Waals surface area contributed by atoms with E-state index in [4.69, 9.17) is 0 Å². The minimum Gasteiger partial charge on any atom is -0.352 e. The molecule has 0 spiro atoms. The molecule has 3 aromatic carbocycles. The van der Waals surface area contributed by atoms with Crippen LogP contribution in [0.4, 0.5) is 0 Å². The second kappa shape index (κ2) is 9.07. The summed E-state index contributed by atoms with van der Waals surface area (Å²) in [5.41, 5.74) is 4.25. The highest BCUT2D eigenvalue weighted by Gasteiger charge is 2.41. The Balaban J connectivity index is 1.22. The molecule has 1 N–H and O–H groups in total. The zero-order chi connectivity index (χ0) is 21.0. The molecule has 1 saturated heterocycles. The summed E-state index contributed by atoms with van der Waals surface area (Å²) in [6.07, 6.45) is 2.58. The van der Waals surface area contributed by atoms with Gasteiger partial charge in [-0.15, -0.1) is 0 Å². The first-order valence-corrected chi connectivity index (χ1v) is 11.5. The van der Waals surface area contributed by atoms with Crippen LogP contribution >= 0.6 is 0 Å². The van der Waals surface area contributed by atoms with Gasteiger partial charge in [0.1, 0.15) is 0 Å². The fourth-order valence-corrected chi connectivity index (χ4v) is 5.59. The van der Waals surface area contributed by atoms with Crippen molar-refractivity contribution >= 4 is 5.91 Å². The summed E-state index contributed by atoms with van der Waals surface area (Å²) < 4.78 is 0. The summed E-state index contributed by atoms with van der Waals surface area (Å²) in [6, 6.07) is 28.9. The monoisotopic (exact) mass is 410 g/mol. The van der Waals surface area contributed by atoms with Gasteiger partial charge in [0.2, 0.25) is 0 Å². The summed E-state index contributed by atoms with van der Waals surface area (Å²) in [5.74, 6) is 2.02. The van der Waals surface area contributed by atoms with Crippen LogP contribution in [0.2, 0.25) is 0 Å². The van der Waals surface area contributed by atoms with Crippen molar-refractivity contribution in [3.63, 3.8) is 0 Å². The Morgan fingerprint density at radius 2 is 1.42 bits per heavy atom. The zero-order valence-corrected chi connectivity index (χ0v) is 17.9. The number of nitrogens with zero attached hydrogens (tertiary/aromatic N) is 1. The molecule has 3 heteroatoms. The van der Waals surface area contributed by atoms with Crippen molar-refractivity contribution in [1.82, 2.24) is 10.2 Å². The highest BCUT2D eigenvalue weighted by atomic mass is 16.1. The number of nitrogens with one attached hydrogen (secondary N) is 1. The predicted molar refractivity (Wildman–Crippen MR) is 126 cm³/mol. The molecule has 0 aromatic heterocycles. The molecular formula is C28H30N2O. The Hall–Kier alpha value is -2.91. The van der Waals surface area contributed by atoms with Crippen LogP contribution in [0.5, 0.6) is 0 Å². The van der Waals surface area contributed by atoms with E-state index in [1.807, 2.05) is 42.5 Å². The van der Waals surface area contributed by atoms with Gasteiger partial charge in [0.05, 0.1) is 0 Å². The SMILES string of the molecule is O=C(NCC1C2CCC1CN(Cc1ccccc1)C2)c1ccccc1-c1ccccc1. The number of rotatable bonds is 6. The van der Waals surface area contributed by atoms with Gasteiger partial charge in [-0.25, -0.2) is 0 Å². The maximum Gasteiger partial charge on any atom is 0.251 e. The fraction of sp³-hybridized carbons (Fsp3) is 0.321. The van der Waals surface area contributed by atoms with Crippen molar-refractivity contribution in [2.45, 2.75) is 19.4 Å². The maximum absolute atomic E-state index is 13.1. The Morgan fingerprint density at radius 1 is 0.806 bits per heavy atom. The van der Waals surface area contributed by atoms with Crippen LogP contribution in [0.15, 0.2) is 84.9 Å². The molecule has 2 fully saturated rings. The van der Waals surface area contributed by atoms with Crippen LogP contribution in [0.25, 0.3) is 11.1 Å². The molecule has 1 amide bonds. The van der Waals surface area contributed by atoms with Crippen molar-refractivity contribution in [3.8, 4) is 11.1 Å². The Kier molecular flexibility index (Phi) is 5.86. The molecule has 2 unspecified atom stereocenters. The molecule has 1 saturated carbocycles. The topological polar surface area (TPSA) is 32.3 Å². The predicted octanol–water partition coefficient (Wildman–Crippen LogP) is 5.24. The van der Waals surface area contributed by atoms with Crippen LogP contribution in [0.1, 0.15) is 28.8 Å². The third-order valence-electron chi connectivity index (χ3n) is 7.11. The number of fused-ring (bicyclic) bond motifs is 2. The molecule has 1 aliphatic carbocycles. The lowest BCUT2D eigenvalue weighted by molar-refractivity contribution is 0.0857. The van der Waals surface area contributed by atoms with Crippen LogP contribution in [0.3, 0.4) is 0 Å². The van der Waals surface area contributed by atoms with E-state index in [1.54, 1.807) is 0 Å². The Labute approximate surface area is 185 Å². The number of benzene rings is 3. The van der Waals surface area contributed by atoms with Crippen molar-refractivity contribution in [1.29, 1.82) is 0 Å². The lowest BCUT2D eigenvalue weighted by Gasteiger charge is -2.38. The highest BCUT2D eigenvalue weighted by molar-refractivity contribution is 6.00. The third-order valence-corrected chi connectivity index (χ3v) is 7.11. The Bertz CT molecular complexity index is 1000. The fourth-order valence-electron chi connectivity index (χ4n) is 5.59. The average Bonchev–Trinajstić information content (AvgIpc) is 3.06. The number of hydrogen-bond acceptors (Lipinski definition) is 2. The van der Waals surface area contributed by atoms with Crippen molar-refractivity contribution in [3.05, 3.63) is 96.1 Å². The molecule has 1 aliphatic heterocycles. The Morgan fingerprint density at radius 3 is 2.13 bits per heavy atom. The van der Waals surface area contributed by atoms with Gasteiger partial charge in [-0.2, -0.15) is 0 Å². The summed E-state index contributed by atoms with van der Waals surface area (Å²) in [6.45, 7) is 4.12. The van der Waals surface area contributed by atoms with Gasteiger partial charge in [-0.3, -0.25) is 9.69 Å².